The monoisotopic (exact) mass is 319 g/mol. The van der Waals surface area contributed by atoms with E-state index in [9.17, 15) is 9.18 Å². The highest BCUT2D eigenvalue weighted by Crippen LogP contribution is 2.16. The molecule has 23 heavy (non-hydrogen) atoms. The molecule has 2 unspecified atom stereocenters. The SMILES string of the molecule is C=C/C(=C\C=C\OC(CC)C(=O)NCC1C=C(F)C=CC1)CC. The molecular formula is C19H26FNO2. The van der Waals surface area contributed by atoms with Crippen LogP contribution in [0.5, 0.6) is 0 Å². The van der Waals surface area contributed by atoms with E-state index in [0.717, 1.165) is 18.4 Å². The van der Waals surface area contributed by atoms with Crippen LogP contribution < -0.4 is 5.32 Å². The van der Waals surface area contributed by atoms with Crippen LogP contribution >= 0.6 is 0 Å². The van der Waals surface area contributed by atoms with Gasteiger partial charge in [0.2, 0.25) is 0 Å². The van der Waals surface area contributed by atoms with Gasteiger partial charge in [0.05, 0.1) is 6.26 Å². The second-order valence-corrected chi connectivity index (χ2v) is 5.36. The summed E-state index contributed by atoms with van der Waals surface area (Å²) in [6, 6.07) is 0. The van der Waals surface area contributed by atoms with Crippen LogP contribution in [0.25, 0.3) is 0 Å². The van der Waals surface area contributed by atoms with Gasteiger partial charge in [-0.15, -0.1) is 0 Å². The van der Waals surface area contributed by atoms with Crippen LogP contribution in [0.4, 0.5) is 4.39 Å². The van der Waals surface area contributed by atoms with E-state index in [1.165, 1.54) is 18.4 Å². The van der Waals surface area contributed by atoms with Gasteiger partial charge in [0.15, 0.2) is 6.10 Å². The summed E-state index contributed by atoms with van der Waals surface area (Å²) in [5.41, 5.74) is 1.10. The molecule has 0 bridgehead atoms. The molecular weight excluding hydrogens is 293 g/mol. The van der Waals surface area contributed by atoms with Gasteiger partial charge in [0, 0.05) is 12.5 Å². The minimum Gasteiger partial charge on any atom is -0.488 e. The molecule has 0 saturated heterocycles. The predicted octanol–water partition coefficient (Wildman–Crippen LogP) is 4.36. The minimum absolute atomic E-state index is 0.000338. The number of nitrogens with one attached hydrogen (secondary N) is 1. The molecule has 1 aliphatic rings. The fourth-order valence-corrected chi connectivity index (χ4v) is 2.17. The van der Waals surface area contributed by atoms with Crippen molar-refractivity contribution in [2.45, 2.75) is 39.2 Å². The van der Waals surface area contributed by atoms with Crippen LogP contribution in [0.15, 0.2) is 60.7 Å². The van der Waals surface area contributed by atoms with Crippen LogP contribution in [0.2, 0.25) is 0 Å². The first-order chi connectivity index (χ1) is 11.1. The van der Waals surface area contributed by atoms with Crippen LogP contribution in [-0.2, 0) is 9.53 Å². The Morgan fingerprint density at radius 3 is 2.96 bits per heavy atom. The van der Waals surface area contributed by atoms with Crippen molar-refractivity contribution in [3.63, 3.8) is 0 Å². The van der Waals surface area contributed by atoms with E-state index in [-0.39, 0.29) is 17.7 Å². The number of carbonyl (C=O) groups excluding carboxylic acids is 1. The van der Waals surface area contributed by atoms with Gasteiger partial charge in [-0.05, 0) is 43.1 Å². The summed E-state index contributed by atoms with van der Waals surface area (Å²) in [7, 11) is 0. The molecule has 1 rings (SSSR count). The van der Waals surface area contributed by atoms with Crippen molar-refractivity contribution in [2.24, 2.45) is 5.92 Å². The summed E-state index contributed by atoms with van der Waals surface area (Å²) in [5.74, 6) is -0.425. The first-order valence-corrected chi connectivity index (χ1v) is 8.05. The molecule has 0 radical (unpaired) electrons. The molecule has 0 aromatic carbocycles. The second-order valence-electron chi connectivity index (χ2n) is 5.36. The van der Waals surface area contributed by atoms with Gasteiger partial charge in [0.25, 0.3) is 5.91 Å². The minimum atomic E-state index is -0.540. The van der Waals surface area contributed by atoms with Crippen LogP contribution in [0, 0.1) is 5.92 Å². The molecule has 0 aromatic rings. The second kappa shape index (κ2) is 10.6. The average molecular weight is 319 g/mol. The lowest BCUT2D eigenvalue weighted by molar-refractivity contribution is -0.129. The van der Waals surface area contributed by atoms with E-state index in [0.29, 0.717) is 13.0 Å². The van der Waals surface area contributed by atoms with E-state index >= 15 is 0 Å². The molecule has 0 saturated carbocycles. The van der Waals surface area contributed by atoms with E-state index in [1.54, 1.807) is 18.2 Å². The third kappa shape index (κ3) is 7.13. The smallest absolute Gasteiger partial charge is 0.261 e. The molecule has 0 fully saturated rings. The highest BCUT2D eigenvalue weighted by molar-refractivity contribution is 5.80. The lowest BCUT2D eigenvalue weighted by atomic mass is 10.0. The fraction of sp³-hybridized carbons (Fsp3) is 0.421. The zero-order valence-corrected chi connectivity index (χ0v) is 13.9. The first kappa shape index (κ1) is 18.9. The van der Waals surface area contributed by atoms with Gasteiger partial charge in [-0.3, -0.25) is 4.79 Å². The van der Waals surface area contributed by atoms with Crippen molar-refractivity contribution in [1.29, 1.82) is 0 Å². The molecule has 0 aromatic heterocycles. The van der Waals surface area contributed by atoms with E-state index < -0.39 is 6.10 Å². The Morgan fingerprint density at radius 1 is 1.57 bits per heavy atom. The quantitative estimate of drug-likeness (QED) is 0.506. The first-order valence-electron chi connectivity index (χ1n) is 8.05. The summed E-state index contributed by atoms with van der Waals surface area (Å²) in [4.78, 5) is 12.1. The lowest BCUT2D eigenvalue weighted by Gasteiger charge is -2.18. The number of ether oxygens (including phenoxy) is 1. The Kier molecular flexibility index (Phi) is 8.73. The molecule has 2 atom stereocenters. The average Bonchev–Trinajstić information content (AvgIpc) is 2.56. The highest BCUT2D eigenvalue weighted by Gasteiger charge is 2.18. The van der Waals surface area contributed by atoms with Crippen molar-refractivity contribution < 1.29 is 13.9 Å². The van der Waals surface area contributed by atoms with Crippen molar-refractivity contribution in [3.8, 4) is 0 Å². The Balaban J connectivity index is 2.43. The lowest BCUT2D eigenvalue weighted by Crippen LogP contribution is -2.37. The molecule has 3 nitrogen and oxygen atoms in total. The number of halogens is 1. The van der Waals surface area contributed by atoms with Crippen molar-refractivity contribution >= 4 is 5.91 Å². The van der Waals surface area contributed by atoms with E-state index in [2.05, 4.69) is 11.9 Å². The van der Waals surface area contributed by atoms with Gasteiger partial charge >= 0.3 is 0 Å². The van der Waals surface area contributed by atoms with Crippen molar-refractivity contribution in [1.82, 2.24) is 5.32 Å². The number of rotatable bonds is 9. The van der Waals surface area contributed by atoms with Gasteiger partial charge in [-0.2, -0.15) is 0 Å². The molecule has 126 valence electrons. The molecule has 0 heterocycles. The Labute approximate surface area is 138 Å². The number of amides is 1. The van der Waals surface area contributed by atoms with Crippen LogP contribution in [0.1, 0.15) is 33.1 Å². The van der Waals surface area contributed by atoms with E-state index in [4.69, 9.17) is 4.74 Å². The maximum atomic E-state index is 13.1. The summed E-state index contributed by atoms with van der Waals surface area (Å²) >= 11 is 0. The summed E-state index contributed by atoms with van der Waals surface area (Å²) < 4.78 is 18.6. The highest BCUT2D eigenvalue weighted by atomic mass is 19.1. The summed E-state index contributed by atoms with van der Waals surface area (Å²) in [5, 5.41) is 2.82. The van der Waals surface area contributed by atoms with Crippen LogP contribution in [-0.4, -0.2) is 18.6 Å². The van der Waals surface area contributed by atoms with Gasteiger partial charge in [-0.25, -0.2) is 4.39 Å². The number of carbonyl (C=O) groups is 1. The standard InChI is InChI=1S/C19H26FNO2/c1-4-15(5-2)10-8-12-23-18(6-3)19(22)21-14-16-9-7-11-17(20)13-16/h4,7-8,10-13,16,18H,1,5-6,9,14H2,2-3H3,(H,21,22)/b12-8+,15-10+. The van der Waals surface area contributed by atoms with Gasteiger partial charge < -0.3 is 10.1 Å². The number of hydrogen-bond acceptors (Lipinski definition) is 2. The predicted molar refractivity (Wildman–Crippen MR) is 92.3 cm³/mol. The normalized spacial score (nSPS) is 19.3. The fourth-order valence-electron chi connectivity index (χ4n) is 2.17. The zero-order chi connectivity index (χ0) is 17.1. The van der Waals surface area contributed by atoms with E-state index in [1.807, 2.05) is 19.9 Å². The molecule has 0 spiro atoms. The zero-order valence-electron chi connectivity index (χ0n) is 13.9. The third-order valence-corrected chi connectivity index (χ3v) is 3.61. The topological polar surface area (TPSA) is 38.3 Å². The van der Waals surface area contributed by atoms with Gasteiger partial charge in [0.1, 0.15) is 5.83 Å². The van der Waals surface area contributed by atoms with Crippen molar-refractivity contribution in [2.75, 3.05) is 6.54 Å². The molecule has 1 N–H and O–H groups in total. The Bertz CT molecular complexity index is 517. The Hall–Kier alpha value is -2.10. The van der Waals surface area contributed by atoms with Crippen LogP contribution in [0.3, 0.4) is 0 Å². The number of allylic oxidation sites excluding steroid dienone is 7. The summed E-state index contributed by atoms with van der Waals surface area (Å²) in [6.45, 7) is 8.06. The Morgan fingerprint density at radius 2 is 2.35 bits per heavy atom. The summed E-state index contributed by atoms with van der Waals surface area (Å²) in [6.07, 6.45) is 13.4. The molecule has 1 amide bonds. The molecule has 0 aliphatic heterocycles. The van der Waals surface area contributed by atoms with Crippen molar-refractivity contribution in [3.05, 3.63) is 60.7 Å². The molecule has 1 aliphatic carbocycles. The molecule has 4 heteroatoms. The third-order valence-electron chi connectivity index (χ3n) is 3.61. The largest absolute Gasteiger partial charge is 0.488 e. The maximum absolute atomic E-state index is 13.1. The number of hydrogen-bond donors (Lipinski definition) is 1. The van der Waals surface area contributed by atoms with Gasteiger partial charge in [-0.1, -0.05) is 38.7 Å². The maximum Gasteiger partial charge on any atom is 0.261 e.